The Morgan fingerprint density at radius 1 is 0.865 bits per heavy atom. The number of hydrogen-bond donors (Lipinski definition) is 0. The third-order valence-corrected chi connectivity index (χ3v) is 6.08. The van der Waals surface area contributed by atoms with Crippen LogP contribution in [0.15, 0.2) is 66.7 Å². The Hall–Kier alpha value is -4.33. The van der Waals surface area contributed by atoms with Crippen molar-refractivity contribution in [3.05, 3.63) is 89.2 Å². The first-order valence-electron chi connectivity index (χ1n) is 11.7. The number of carbonyl (C=O) groups is 1. The summed E-state index contributed by atoms with van der Waals surface area (Å²) in [5.74, 6) is 1.92. The molecule has 0 aliphatic carbocycles. The fourth-order valence-corrected chi connectivity index (χ4v) is 4.25. The number of carbonyl (C=O) groups excluding carboxylic acids is 1. The molecule has 8 heteroatoms. The van der Waals surface area contributed by atoms with Gasteiger partial charge in [-0.25, -0.2) is 9.37 Å². The average molecular weight is 504 g/mol. The van der Waals surface area contributed by atoms with Crippen LogP contribution in [0.3, 0.4) is 0 Å². The first-order chi connectivity index (χ1) is 17.8. The lowest BCUT2D eigenvalue weighted by Gasteiger charge is -2.26. The van der Waals surface area contributed by atoms with Gasteiger partial charge in [0.1, 0.15) is 34.4 Å². The van der Waals surface area contributed by atoms with Crippen LogP contribution in [0.5, 0.6) is 17.2 Å². The first-order valence-corrected chi connectivity index (χ1v) is 11.7. The summed E-state index contributed by atoms with van der Waals surface area (Å²) in [5.41, 5.74) is 2.65. The maximum Gasteiger partial charge on any atom is 0.254 e. The van der Waals surface area contributed by atoms with E-state index in [2.05, 4.69) is 0 Å². The smallest absolute Gasteiger partial charge is 0.254 e. The van der Waals surface area contributed by atoms with Gasteiger partial charge >= 0.3 is 0 Å². The minimum Gasteiger partial charge on any atom is -0.497 e. The molecule has 4 rings (SSSR count). The third kappa shape index (κ3) is 5.58. The van der Waals surface area contributed by atoms with E-state index in [4.69, 9.17) is 19.2 Å². The minimum atomic E-state index is -0.464. The van der Waals surface area contributed by atoms with E-state index in [0.717, 1.165) is 22.3 Å². The van der Waals surface area contributed by atoms with E-state index in [1.165, 1.54) is 18.2 Å². The van der Waals surface area contributed by atoms with E-state index in [0.29, 0.717) is 29.4 Å². The molecule has 7 nitrogen and oxygen atoms in total. The minimum absolute atomic E-state index is 0.234. The van der Waals surface area contributed by atoms with Gasteiger partial charge in [0, 0.05) is 43.7 Å². The van der Waals surface area contributed by atoms with Crippen molar-refractivity contribution in [3.8, 4) is 17.2 Å². The molecule has 0 aliphatic heterocycles. The van der Waals surface area contributed by atoms with Crippen LogP contribution in [0.25, 0.3) is 10.9 Å². The normalized spacial score (nSPS) is 10.8. The SMILES string of the molecule is COc1ccc(CN(Cc2cc3c(OC)ccc(OC)c3nc2N(C)C)C(=O)c2cccc(F)c2)cc1. The van der Waals surface area contributed by atoms with Crippen LogP contribution in [-0.2, 0) is 13.1 Å². The van der Waals surface area contributed by atoms with Crippen LogP contribution < -0.4 is 19.1 Å². The molecule has 0 radical (unpaired) electrons. The quantitative estimate of drug-likeness (QED) is 0.309. The van der Waals surface area contributed by atoms with Crippen molar-refractivity contribution in [1.29, 1.82) is 0 Å². The summed E-state index contributed by atoms with van der Waals surface area (Å²) < 4.78 is 30.4. The molecule has 0 N–H and O–H groups in total. The molecule has 192 valence electrons. The van der Waals surface area contributed by atoms with Gasteiger partial charge in [-0.3, -0.25) is 4.79 Å². The lowest BCUT2D eigenvalue weighted by molar-refractivity contribution is 0.0729. The number of aromatic nitrogens is 1. The second kappa shape index (κ2) is 11.2. The first kappa shape index (κ1) is 25.8. The van der Waals surface area contributed by atoms with Gasteiger partial charge in [0.05, 0.1) is 21.3 Å². The number of nitrogens with zero attached hydrogens (tertiary/aromatic N) is 3. The molecule has 0 saturated heterocycles. The predicted molar refractivity (Wildman–Crippen MR) is 142 cm³/mol. The molecule has 0 atom stereocenters. The number of rotatable bonds is 9. The standard InChI is InChI=1S/C29H30FN3O4/c1-32(2)28-21(16-24-25(36-4)13-14-26(37-5)27(24)31-28)18-33(17-19-9-11-23(35-3)12-10-19)29(34)20-7-6-8-22(30)15-20/h6-16H,17-18H2,1-5H3. The number of fused-ring (bicyclic) bond motifs is 1. The molecule has 1 aromatic heterocycles. The molecular formula is C29H30FN3O4. The Labute approximate surface area is 216 Å². The summed E-state index contributed by atoms with van der Waals surface area (Å²) in [7, 11) is 8.59. The number of ether oxygens (including phenoxy) is 3. The fraction of sp³-hybridized carbons (Fsp3) is 0.241. The van der Waals surface area contributed by atoms with Crippen LogP contribution in [0, 0.1) is 5.82 Å². The van der Waals surface area contributed by atoms with Crippen molar-refractivity contribution in [2.24, 2.45) is 0 Å². The Balaban J connectivity index is 1.81. The predicted octanol–water partition coefficient (Wildman–Crippen LogP) is 5.31. The number of benzene rings is 3. The summed E-state index contributed by atoms with van der Waals surface area (Å²) in [6.07, 6.45) is 0. The summed E-state index contributed by atoms with van der Waals surface area (Å²) in [5, 5.41) is 0.769. The second-order valence-electron chi connectivity index (χ2n) is 8.75. The highest BCUT2D eigenvalue weighted by Crippen LogP contribution is 2.35. The van der Waals surface area contributed by atoms with Gasteiger partial charge in [-0.2, -0.15) is 0 Å². The average Bonchev–Trinajstić information content (AvgIpc) is 2.91. The molecule has 0 aliphatic rings. The zero-order valence-electron chi connectivity index (χ0n) is 21.6. The van der Waals surface area contributed by atoms with E-state index in [1.807, 2.05) is 61.5 Å². The van der Waals surface area contributed by atoms with Crippen molar-refractivity contribution in [3.63, 3.8) is 0 Å². The van der Waals surface area contributed by atoms with Gasteiger partial charge < -0.3 is 24.0 Å². The van der Waals surface area contributed by atoms with Gasteiger partial charge in [0.15, 0.2) is 0 Å². The topological polar surface area (TPSA) is 64.1 Å². The lowest BCUT2D eigenvalue weighted by Crippen LogP contribution is -2.31. The maximum atomic E-state index is 14.0. The number of pyridine rings is 1. The molecule has 1 amide bonds. The van der Waals surface area contributed by atoms with E-state index in [1.54, 1.807) is 32.3 Å². The molecule has 0 unspecified atom stereocenters. The Kier molecular flexibility index (Phi) is 7.77. The van der Waals surface area contributed by atoms with Crippen molar-refractivity contribution in [2.45, 2.75) is 13.1 Å². The molecule has 37 heavy (non-hydrogen) atoms. The Morgan fingerprint density at radius 2 is 1.57 bits per heavy atom. The van der Waals surface area contributed by atoms with Crippen LogP contribution in [-0.4, -0.2) is 51.2 Å². The highest BCUT2D eigenvalue weighted by atomic mass is 19.1. The van der Waals surface area contributed by atoms with E-state index in [-0.39, 0.29) is 18.0 Å². The molecule has 0 bridgehead atoms. The molecule has 0 spiro atoms. The van der Waals surface area contributed by atoms with Gasteiger partial charge in [-0.1, -0.05) is 18.2 Å². The highest BCUT2D eigenvalue weighted by Gasteiger charge is 2.22. The van der Waals surface area contributed by atoms with E-state index >= 15 is 0 Å². The zero-order valence-corrected chi connectivity index (χ0v) is 21.6. The van der Waals surface area contributed by atoms with Crippen molar-refractivity contribution < 1.29 is 23.4 Å². The summed E-state index contributed by atoms with van der Waals surface area (Å²) >= 11 is 0. The van der Waals surface area contributed by atoms with Crippen molar-refractivity contribution in [2.75, 3.05) is 40.3 Å². The number of anilines is 1. The molecule has 0 fully saturated rings. The molecular weight excluding hydrogens is 473 g/mol. The third-order valence-electron chi connectivity index (χ3n) is 6.08. The van der Waals surface area contributed by atoms with Crippen LogP contribution in [0.2, 0.25) is 0 Å². The zero-order chi connectivity index (χ0) is 26.5. The van der Waals surface area contributed by atoms with Crippen molar-refractivity contribution in [1.82, 2.24) is 9.88 Å². The maximum absolute atomic E-state index is 14.0. The van der Waals surface area contributed by atoms with Gasteiger partial charge in [0.2, 0.25) is 0 Å². The van der Waals surface area contributed by atoms with Crippen LogP contribution >= 0.6 is 0 Å². The van der Waals surface area contributed by atoms with Gasteiger partial charge in [0.25, 0.3) is 5.91 Å². The largest absolute Gasteiger partial charge is 0.497 e. The van der Waals surface area contributed by atoms with Crippen LogP contribution in [0.4, 0.5) is 10.2 Å². The van der Waals surface area contributed by atoms with Gasteiger partial charge in [-0.15, -0.1) is 0 Å². The number of amides is 1. The van der Waals surface area contributed by atoms with Crippen LogP contribution in [0.1, 0.15) is 21.5 Å². The highest BCUT2D eigenvalue weighted by molar-refractivity contribution is 5.95. The monoisotopic (exact) mass is 503 g/mol. The van der Waals surface area contributed by atoms with Gasteiger partial charge in [-0.05, 0) is 54.1 Å². The second-order valence-corrected chi connectivity index (χ2v) is 8.75. The van der Waals surface area contributed by atoms with E-state index in [9.17, 15) is 9.18 Å². The fourth-order valence-electron chi connectivity index (χ4n) is 4.25. The van der Waals surface area contributed by atoms with Crippen molar-refractivity contribution >= 4 is 22.6 Å². The number of hydrogen-bond acceptors (Lipinski definition) is 6. The lowest BCUT2D eigenvalue weighted by atomic mass is 10.1. The Bertz CT molecular complexity index is 1410. The summed E-state index contributed by atoms with van der Waals surface area (Å²) in [6.45, 7) is 0.539. The summed E-state index contributed by atoms with van der Waals surface area (Å²) in [4.78, 5) is 22.1. The Morgan fingerprint density at radius 3 is 2.19 bits per heavy atom. The van der Waals surface area contributed by atoms with E-state index < -0.39 is 5.82 Å². The number of halogens is 1. The molecule has 0 saturated carbocycles. The summed E-state index contributed by atoms with van der Waals surface area (Å²) in [6, 6.07) is 18.9. The number of methoxy groups -OCH3 is 3. The molecule has 4 aromatic rings. The molecule has 1 heterocycles. The molecule has 3 aromatic carbocycles.